The molecule has 0 radical (unpaired) electrons. The van der Waals surface area contributed by atoms with Crippen LogP contribution in [-0.4, -0.2) is 15.9 Å². The first-order valence-corrected chi connectivity index (χ1v) is 6.77. The van der Waals surface area contributed by atoms with Crippen LogP contribution in [0.1, 0.15) is 16.2 Å². The zero-order valence-corrected chi connectivity index (χ0v) is 11.2. The molecule has 3 rings (SSSR count). The third kappa shape index (κ3) is 2.30. The molecule has 0 spiro atoms. The molecule has 0 unspecified atom stereocenters. The second-order valence-corrected chi connectivity index (χ2v) is 5.19. The summed E-state index contributed by atoms with van der Waals surface area (Å²) in [5.74, 6) is 0.0432. The van der Waals surface area contributed by atoms with Crippen LogP contribution in [0.15, 0.2) is 40.8 Å². The number of carbonyl (C=O) groups is 1. The van der Waals surface area contributed by atoms with Crippen LogP contribution in [0.5, 0.6) is 0 Å². The van der Waals surface area contributed by atoms with E-state index in [0.29, 0.717) is 28.1 Å². The summed E-state index contributed by atoms with van der Waals surface area (Å²) in [7, 11) is 0. The van der Waals surface area contributed by atoms with Crippen molar-refractivity contribution < 1.29 is 9.36 Å². The van der Waals surface area contributed by atoms with E-state index in [0.717, 1.165) is 0 Å². The van der Waals surface area contributed by atoms with Crippen molar-refractivity contribution in [2.75, 3.05) is 0 Å². The Hall–Kier alpha value is -2.54. The van der Waals surface area contributed by atoms with E-state index in [1.54, 1.807) is 29.1 Å². The molecule has 0 aliphatic heterocycles. The number of thiophene rings is 1. The summed E-state index contributed by atoms with van der Waals surface area (Å²) in [5.41, 5.74) is 6.18. The lowest BCUT2D eigenvalue weighted by Crippen LogP contribution is -2.36. The van der Waals surface area contributed by atoms with E-state index >= 15 is 0 Å². The number of rotatable bonds is 3. The molecule has 7 heteroatoms. The number of aromatic nitrogens is 3. The molecule has 1 amide bonds. The Balaban J connectivity index is 1.98. The number of carbonyl (C=O) groups excluding carboxylic acids is 1. The number of primary amides is 1. The van der Waals surface area contributed by atoms with Crippen LogP contribution in [-0.2, 0) is 6.54 Å². The lowest BCUT2D eigenvalue weighted by atomic mass is 10.3. The molecule has 0 saturated heterocycles. The van der Waals surface area contributed by atoms with Gasteiger partial charge in [-0.1, -0.05) is 0 Å². The summed E-state index contributed by atoms with van der Waals surface area (Å²) in [6, 6.07) is 5.17. The van der Waals surface area contributed by atoms with Crippen molar-refractivity contribution in [1.82, 2.24) is 9.97 Å². The van der Waals surface area contributed by atoms with Gasteiger partial charge >= 0.3 is 0 Å². The monoisotopic (exact) mass is 287 g/mol. The number of H-pyrrole nitrogens is 1. The number of fused-ring (bicyclic) bond motifs is 1. The van der Waals surface area contributed by atoms with Crippen LogP contribution < -0.4 is 15.9 Å². The van der Waals surface area contributed by atoms with E-state index in [-0.39, 0.29) is 5.56 Å². The van der Waals surface area contributed by atoms with Crippen molar-refractivity contribution in [3.8, 4) is 0 Å². The maximum atomic E-state index is 11.9. The summed E-state index contributed by atoms with van der Waals surface area (Å²) in [6.45, 7) is 0.363. The van der Waals surface area contributed by atoms with Gasteiger partial charge in [0.15, 0.2) is 18.2 Å². The van der Waals surface area contributed by atoms with Gasteiger partial charge in [0.1, 0.15) is 10.3 Å². The molecule has 3 N–H and O–H groups in total. The Labute approximate surface area is 117 Å². The Kier molecular flexibility index (Phi) is 3.03. The van der Waals surface area contributed by atoms with Gasteiger partial charge in [0.05, 0.1) is 5.52 Å². The minimum atomic E-state index is -0.492. The molecule has 3 aromatic rings. The number of pyridine rings is 1. The highest BCUT2D eigenvalue weighted by molar-refractivity contribution is 7.17. The van der Waals surface area contributed by atoms with Crippen molar-refractivity contribution in [2.24, 2.45) is 5.73 Å². The highest BCUT2D eigenvalue weighted by atomic mass is 32.1. The van der Waals surface area contributed by atoms with Crippen molar-refractivity contribution in [2.45, 2.75) is 6.54 Å². The Morgan fingerprint density at radius 2 is 2.30 bits per heavy atom. The summed E-state index contributed by atoms with van der Waals surface area (Å²) in [4.78, 5) is 30.1. The molecule has 100 valence electrons. The second kappa shape index (κ2) is 4.86. The molecule has 6 nitrogen and oxygen atoms in total. The maximum Gasteiger partial charge on any atom is 0.269 e. The van der Waals surface area contributed by atoms with Gasteiger partial charge in [-0.15, -0.1) is 11.3 Å². The highest BCUT2D eigenvalue weighted by Crippen LogP contribution is 2.13. The largest absolute Gasteiger partial charge is 0.365 e. The second-order valence-electron chi connectivity index (χ2n) is 4.28. The fourth-order valence-electron chi connectivity index (χ4n) is 1.94. The van der Waals surface area contributed by atoms with Gasteiger partial charge in [0, 0.05) is 6.07 Å². The normalized spacial score (nSPS) is 10.8. The molecule has 3 heterocycles. The van der Waals surface area contributed by atoms with E-state index in [4.69, 9.17) is 5.73 Å². The van der Waals surface area contributed by atoms with Crippen molar-refractivity contribution in [1.29, 1.82) is 0 Å². The zero-order chi connectivity index (χ0) is 14.1. The molecule has 0 atom stereocenters. The Bertz CT molecular complexity index is 853. The average Bonchev–Trinajstić information content (AvgIpc) is 2.88. The van der Waals surface area contributed by atoms with E-state index < -0.39 is 5.91 Å². The fourth-order valence-corrected chi connectivity index (χ4v) is 2.66. The van der Waals surface area contributed by atoms with Crippen LogP contribution in [0.25, 0.3) is 10.2 Å². The van der Waals surface area contributed by atoms with E-state index in [1.807, 2.05) is 11.4 Å². The number of hydrogen-bond acceptors (Lipinski definition) is 4. The number of aromatic amines is 1. The quantitative estimate of drug-likeness (QED) is 0.684. The average molecular weight is 287 g/mol. The molecule has 0 aliphatic carbocycles. The van der Waals surface area contributed by atoms with Crippen LogP contribution >= 0.6 is 11.3 Å². The number of hydrogen-bond donors (Lipinski definition) is 2. The first-order valence-electron chi connectivity index (χ1n) is 5.89. The van der Waals surface area contributed by atoms with Gasteiger partial charge in [-0.25, -0.2) is 4.98 Å². The molecule has 0 bridgehead atoms. The van der Waals surface area contributed by atoms with Crippen LogP contribution in [0, 0.1) is 0 Å². The van der Waals surface area contributed by atoms with Gasteiger partial charge in [0.2, 0.25) is 6.54 Å². The molecule has 0 aromatic carbocycles. The van der Waals surface area contributed by atoms with Crippen LogP contribution in [0.2, 0.25) is 0 Å². The van der Waals surface area contributed by atoms with E-state index in [9.17, 15) is 9.59 Å². The fraction of sp³-hybridized carbons (Fsp3) is 0.0769. The first-order chi connectivity index (χ1) is 9.63. The zero-order valence-electron chi connectivity index (χ0n) is 10.4. The van der Waals surface area contributed by atoms with Crippen LogP contribution in [0.3, 0.4) is 0 Å². The Morgan fingerprint density at radius 3 is 3.10 bits per heavy atom. The molecular formula is C13H11N4O2S+. The maximum absolute atomic E-state index is 11.9. The smallest absolute Gasteiger partial charge is 0.269 e. The van der Waals surface area contributed by atoms with Crippen LogP contribution in [0.4, 0.5) is 0 Å². The van der Waals surface area contributed by atoms with Gasteiger partial charge in [-0.3, -0.25) is 9.59 Å². The molecule has 3 aromatic heterocycles. The minimum Gasteiger partial charge on any atom is -0.365 e. The van der Waals surface area contributed by atoms with E-state index in [2.05, 4.69) is 9.97 Å². The SMILES string of the molecule is NC(=O)c1ccc[n+](Cc2nc3ccsc3c(=O)[nH]2)c1. The third-order valence-electron chi connectivity index (χ3n) is 2.84. The van der Waals surface area contributed by atoms with Crippen molar-refractivity contribution in [3.63, 3.8) is 0 Å². The lowest BCUT2D eigenvalue weighted by Gasteiger charge is -1.99. The van der Waals surface area contributed by atoms with E-state index in [1.165, 1.54) is 11.3 Å². The minimum absolute atomic E-state index is 0.147. The summed E-state index contributed by atoms with van der Waals surface area (Å²) < 4.78 is 2.36. The molecule has 0 aliphatic rings. The number of amides is 1. The molecule has 20 heavy (non-hydrogen) atoms. The predicted molar refractivity (Wildman–Crippen MR) is 74.5 cm³/mol. The van der Waals surface area contributed by atoms with Gasteiger partial charge in [-0.2, -0.15) is 4.57 Å². The van der Waals surface area contributed by atoms with Gasteiger partial charge < -0.3 is 10.7 Å². The lowest BCUT2D eigenvalue weighted by molar-refractivity contribution is -0.689. The number of nitrogens with one attached hydrogen (secondary N) is 1. The summed E-state index contributed by atoms with van der Waals surface area (Å²) in [6.07, 6.45) is 3.41. The standard InChI is InChI=1S/C13H10N4O2S/c14-12(18)8-2-1-4-17(6-8)7-10-15-9-3-5-20-11(9)13(19)16-10/h1-6H,7H2,(H2-,14,15,16,18,19)/p+1. The first kappa shape index (κ1) is 12.5. The summed E-state index contributed by atoms with van der Waals surface area (Å²) >= 11 is 1.36. The van der Waals surface area contributed by atoms with Crippen molar-refractivity contribution >= 4 is 27.5 Å². The van der Waals surface area contributed by atoms with Crippen molar-refractivity contribution in [3.05, 3.63) is 57.7 Å². The number of nitrogens with two attached hydrogens (primary N) is 1. The Morgan fingerprint density at radius 1 is 1.45 bits per heavy atom. The molecule has 0 fully saturated rings. The van der Waals surface area contributed by atoms with Gasteiger partial charge in [0.25, 0.3) is 11.5 Å². The highest BCUT2D eigenvalue weighted by Gasteiger charge is 2.11. The molecule has 0 saturated carbocycles. The van der Waals surface area contributed by atoms with Gasteiger partial charge in [-0.05, 0) is 17.5 Å². The number of nitrogens with zero attached hydrogens (tertiary/aromatic N) is 2. The third-order valence-corrected chi connectivity index (χ3v) is 3.74. The summed E-state index contributed by atoms with van der Waals surface area (Å²) in [5, 5.41) is 1.83. The predicted octanol–water partition coefficient (Wildman–Crippen LogP) is 0.419. The topological polar surface area (TPSA) is 92.7 Å². The molecular weight excluding hydrogens is 276 g/mol.